The van der Waals surface area contributed by atoms with Gasteiger partial charge in [-0.25, -0.2) is 0 Å². The molecule has 0 amide bonds. The summed E-state index contributed by atoms with van der Waals surface area (Å²) in [4.78, 5) is 0. The number of nitrogens with two attached hydrogens (primary N) is 1. The van der Waals surface area contributed by atoms with Gasteiger partial charge in [-0.15, -0.1) is 0 Å². The first-order valence-corrected chi connectivity index (χ1v) is 5.67. The molecule has 0 aliphatic carbocycles. The largest absolute Gasteiger partial charge is 0.758 e. The second kappa shape index (κ2) is 5.57. The number of hydrazine groups is 1. The summed E-state index contributed by atoms with van der Waals surface area (Å²) in [6.45, 7) is 0. The number of nitrogen functional groups attached to an aromatic ring is 1. The van der Waals surface area contributed by atoms with Crippen LogP contribution >= 0.6 is 0 Å². The Kier molecular flexibility index (Phi) is 3.86. The highest BCUT2D eigenvalue weighted by Crippen LogP contribution is 2.33. The van der Waals surface area contributed by atoms with Crippen molar-refractivity contribution in [1.29, 1.82) is 0 Å². The topological polar surface area (TPSA) is 90.6 Å². The van der Waals surface area contributed by atoms with E-state index in [1.54, 1.807) is 48.5 Å². The van der Waals surface area contributed by atoms with E-state index in [1.165, 1.54) is 7.05 Å². The molecule has 0 heterocycles. The van der Waals surface area contributed by atoms with Gasteiger partial charge in [0.15, 0.2) is 0 Å². The molecule has 2 aromatic rings. The van der Waals surface area contributed by atoms with Crippen LogP contribution in [0.2, 0.25) is 0 Å². The van der Waals surface area contributed by atoms with Crippen molar-refractivity contribution in [1.82, 2.24) is 0 Å². The summed E-state index contributed by atoms with van der Waals surface area (Å²) >= 11 is 0. The van der Waals surface area contributed by atoms with Gasteiger partial charge in [-0.2, -0.15) is 0 Å². The highest BCUT2D eigenvalue weighted by Gasteiger charge is 2.04. The van der Waals surface area contributed by atoms with Gasteiger partial charge in [-0.05, 0) is 43.4 Å². The van der Waals surface area contributed by atoms with Gasteiger partial charge >= 0.3 is 0 Å². The molecule has 6 heteroatoms. The monoisotopic (exact) mass is 258 g/mol. The van der Waals surface area contributed by atoms with Crippen LogP contribution < -0.4 is 21.4 Å². The van der Waals surface area contributed by atoms with Crippen LogP contribution in [-0.4, -0.2) is 7.05 Å². The van der Waals surface area contributed by atoms with Crippen molar-refractivity contribution in [2.75, 3.05) is 22.6 Å². The number of hydrogen-bond donors (Lipinski definition) is 2. The molecule has 0 aliphatic heterocycles. The lowest BCUT2D eigenvalue weighted by atomic mass is 10.2. The van der Waals surface area contributed by atoms with E-state index in [1.807, 2.05) is 0 Å². The summed E-state index contributed by atoms with van der Waals surface area (Å²) in [5.74, 6) is 5.26. The molecule has 0 aromatic heterocycles. The maximum Gasteiger partial charge on any atom is 0.0533 e. The fraction of sp³-hybridized carbons (Fsp3) is 0.0769. The number of hydroxylamine groups is 1. The first-order chi connectivity index (χ1) is 9.13. The van der Waals surface area contributed by atoms with Crippen LogP contribution in [0.3, 0.4) is 0 Å². The molecule has 0 bridgehead atoms. The van der Waals surface area contributed by atoms with Crippen molar-refractivity contribution in [2.45, 2.75) is 0 Å². The van der Waals surface area contributed by atoms with E-state index in [9.17, 15) is 10.4 Å². The quantitative estimate of drug-likeness (QED) is 0.647. The molecule has 2 aromatic carbocycles. The third-order valence-corrected chi connectivity index (χ3v) is 2.71. The predicted octanol–water partition coefficient (Wildman–Crippen LogP) is 2.54. The normalized spacial score (nSPS) is 10.1. The summed E-state index contributed by atoms with van der Waals surface area (Å²) in [6, 6.07) is 13.3. The minimum absolute atomic E-state index is 0.299. The Morgan fingerprint density at radius 3 is 2.05 bits per heavy atom. The second-order valence-corrected chi connectivity index (χ2v) is 3.97. The second-order valence-electron chi connectivity index (χ2n) is 3.97. The van der Waals surface area contributed by atoms with Crippen molar-refractivity contribution < 1.29 is 0 Å². The molecule has 0 saturated heterocycles. The van der Waals surface area contributed by atoms with E-state index in [0.29, 0.717) is 32.9 Å². The van der Waals surface area contributed by atoms with Crippen LogP contribution in [0, 0.1) is 10.4 Å². The van der Waals surface area contributed by atoms with Crippen LogP contribution in [0.4, 0.5) is 22.7 Å². The number of hydrogen-bond acceptors (Lipinski definition) is 6. The van der Waals surface area contributed by atoms with Crippen LogP contribution in [0.5, 0.6) is 0 Å². The summed E-state index contributed by atoms with van der Waals surface area (Å²) in [5, 5.41) is 25.1. The lowest BCUT2D eigenvalue weighted by molar-refractivity contribution is 1.19. The Bertz CT molecular complexity index is 543. The molecule has 100 valence electrons. The van der Waals surface area contributed by atoms with Gasteiger partial charge in [-0.3, -0.25) is 5.84 Å². The molecular weight excluding hydrogens is 244 g/mol. The van der Waals surface area contributed by atoms with Crippen molar-refractivity contribution >= 4 is 22.7 Å². The van der Waals surface area contributed by atoms with Gasteiger partial charge in [0.2, 0.25) is 0 Å². The van der Waals surface area contributed by atoms with E-state index in [0.717, 1.165) is 0 Å². The Hall–Kier alpha value is -2.28. The first-order valence-electron chi connectivity index (χ1n) is 5.67. The van der Waals surface area contributed by atoms with Gasteiger partial charge in [0.25, 0.3) is 0 Å². The minimum atomic E-state index is 0.299. The number of rotatable bonds is 4. The Balaban J connectivity index is 2.35. The van der Waals surface area contributed by atoms with E-state index in [-0.39, 0.29) is 0 Å². The molecule has 0 atom stereocenters. The number of benzene rings is 2. The maximum absolute atomic E-state index is 12.3. The number of para-hydroxylation sites is 2. The predicted molar refractivity (Wildman–Crippen MR) is 78.0 cm³/mol. The molecule has 19 heavy (non-hydrogen) atoms. The van der Waals surface area contributed by atoms with Crippen molar-refractivity contribution in [3.63, 3.8) is 0 Å². The molecule has 3 N–H and O–H groups in total. The van der Waals surface area contributed by atoms with Crippen molar-refractivity contribution in [3.8, 4) is 0 Å². The molecule has 0 fully saturated rings. The summed E-state index contributed by atoms with van der Waals surface area (Å²) < 4.78 is 0. The zero-order chi connectivity index (χ0) is 13.8. The fourth-order valence-electron chi connectivity index (χ4n) is 1.73. The van der Waals surface area contributed by atoms with Crippen LogP contribution in [0.25, 0.3) is 0 Å². The molecule has 6 nitrogen and oxygen atoms in total. The van der Waals surface area contributed by atoms with Gasteiger partial charge in [0, 0.05) is 17.1 Å². The summed E-state index contributed by atoms with van der Waals surface area (Å²) in [6.07, 6.45) is 0. The summed E-state index contributed by atoms with van der Waals surface area (Å²) in [5.41, 5.74) is 4.23. The molecule has 0 radical (unpaired) electrons. The molecule has 0 aliphatic rings. The molecule has 0 unspecified atom stereocenters. The average molecular weight is 258 g/mol. The van der Waals surface area contributed by atoms with Gasteiger partial charge in [0.05, 0.1) is 5.69 Å². The highest BCUT2D eigenvalue weighted by atomic mass is 16.5. The van der Waals surface area contributed by atoms with Crippen LogP contribution in [0.15, 0.2) is 48.5 Å². The number of anilines is 4. The number of nitrogens with one attached hydrogen (secondary N) is 1. The van der Waals surface area contributed by atoms with E-state index in [2.05, 4.69) is 5.43 Å². The lowest BCUT2D eigenvalue weighted by Gasteiger charge is -2.37. The smallest absolute Gasteiger partial charge is 0.0533 e. The Morgan fingerprint density at radius 1 is 0.947 bits per heavy atom. The maximum atomic E-state index is 12.3. The number of nitrogens with zero attached hydrogens (tertiary/aromatic N) is 2. The van der Waals surface area contributed by atoms with E-state index >= 15 is 0 Å². The van der Waals surface area contributed by atoms with E-state index < -0.39 is 0 Å². The van der Waals surface area contributed by atoms with Crippen molar-refractivity contribution in [2.24, 2.45) is 5.84 Å². The van der Waals surface area contributed by atoms with E-state index in [4.69, 9.17) is 5.84 Å². The minimum Gasteiger partial charge on any atom is -0.758 e. The zero-order valence-electron chi connectivity index (χ0n) is 10.4. The van der Waals surface area contributed by atoms with Crippen LogP contribution in [-0.2, 0) is 0 Å². The van der Waals surface area contributed by atoms with Gasteiger partial charge in [0.1, 0.15) is 0 Å². The fourth-order valence-corrected chi connectivity index (χ4v) is 1.73. The average Bonchev–Trinajstić information content (AvgIpc) is 2.46. The SMILES string of the molecule is CN([O-])c1ccccc1N([O-])c1ccc(NN)cc1. The lowest BCUT2D eigenvalue weighted by Crippen LogP contribution is -2.14. The standard InChI is InChI=1S/C13H14N4O2/c1-16(18)12-4-2-3-5-13(12)17(19)11-8-6-10(15-14)7-9-11/h2-9,15H,14H2,1H3/q-2. The molecule has 2 rings (SSSR count). The highest BCUT2D eigenvalue weighted by molar-refractivity contribution is 5.78. The Labute approximate surface area is 111 Å². The molecule has 0 saturated carbocycles. The third-order valence-electron chi connectivity index (χ3n) is 2.71. The molecule has 0 spiro atoms. The third kappa shape index (κ3) is 2.76. The molecular formula is C13H14N4O2-2. The first kappa shape index (κ1) is 13.2. The van der Waals surface area contributed by atoms with Crippen LogP contribution in [0.1, 0.15) is 0 Å². The van der Waals surface area contributed by atoms with Gasteiger partial charge in [-0.1, -0.05) is 12.1 Å². The summed E-state index contributed by atoms with van der Waals surface area (Å²) in [7, 11) is 1.36. The zero-order valence-corrected chi connectivity index (χ0v) is 10.4. The Morgan fingerprint density at radius 2 is 1.53 bits per heavy atom. The van der Waals surface area contributed by atoms with Crippen molar-refractivity contribution in [3.05, 3.63) is 58.9 Å². The van der Waals surface area contributed by atoms with Gasteiger partial charge < -0.3 is 26.0 Å².